The topological polar surface area (TPSA) is 70.2 Å². The van der Waals surface area contributed by atoms with E-state index in [0.29, 0.717) is 49.2 Å². The molecule has 0 spiro atoms. The Hall–Kier alpha value is -1.93. The number of piperidine rings is 4. The van der Waals surface area contributed by atoms with Crippen molar-refractivity contribution in [2.24, 2.45) is 17.8 Å². The van der Waals surface area contributed by atoms with Crippen LogP contribution in [0.4, 0.5) is 0 Å². The fourth-order valence-electron chi connectivity index (χ4n) is 7.60. The molecule has 0 bridgehead atoms. The van der Waals surface area contributed by atoms with Crippen molar-refractivity contribution in [1.82, 2.24) is 14.7 Å². The molecule has 5 rings (SSSR count). The van der Waals surface area contributed by atoms with Gasteiger partial charge in [0.15, 0.2) is 0 Å². The van der Waals surface area contributed by atoms with Crippen molar-refractivity contribution in [2.75, 3.05) is 39.3 Å². The number of ether oxygens (including phenoxy) is 1. The first-order valence-electron chi connectivity index (χ1n) is 14.6. The molecule has 5 heterocycles. The molecule has 4 atom stereocenters. The van der Waals surface area contributed by atoms with Gasteiger partial charge in [0.25, 0.3) is 5.91 Å². The molecule has 0 saturated carbocycles. The van der Waals surface area contributed by atoms with Gasteiger partial charge in [-0.25, -0.2) is 0 Å². The zero-order valence-corrected chi connectivity index (χ0v) is 23.1. The Kier molecular flexibility index (Phi) is 8.86. The van der Waals surface area contributed by atoms with E-state index in [1.165, 1.54) is 50.1 Å². The van der Waals surface area contributed by atoms with E-state index in [1.807, 2.05) is 29.3 Å². The van der Waals surface area contributed by atoms with Crippen LogP contribution in [-0.2, 0) is 14.3 Å². The van der Waals surface area contributed by atoms with Crippen molar-refractivity contribution in [3.63, 3.8) is 0 Å². The Morgan fingerprint density at radius 3 is 2.57 bits per heavy atom. The van der Waals surface area contributed by atoms with Crippen LogP contribution in [0.5, 0.6) is 0 Å². The van der Waals surface area contributed by atoms with E-state index >= 15 is 0 Å². The van der Waals surface area contributed by atoms with Gasteiger partial charge >= 0.3 is 5.97 Å². The highest BCUT2D eigenvalue weighted by Crippen LogP contribution is 2.44. The Morgan fingerprint density at radius 1 is 1.05 bits per heavy atom. The van der Waals surface area contributed by atoms with Gasteiger partial charge in [0.1, 0.15) is 0 Å². The molecule has 7 nitrogen and oxygen atoms in total. The fourth-order valence-corrected chi connectivity index (χ4v) is 8.29. The van der Waals surface area contributed by atoms with Crippen molar-refractivity contribution >= 4 is 29.1 Å². The minimum atomic E-state index is -0.124. The summed E-state index contributed by atoms with van der Waals surface area (Å²) in [6.07, 6.45) is 9.35. The maximum atomic E-state index is 13.9. The number of nitrogens with zero attached hydrogens (tertiary/aromatic N) is 3. The van der Waals surface area contributed by atoms with Crippen LogP contribution in [0.2, 0.25) is 0 Å². The Bertz CT molecular complexity index is 928. The van der Waals surface area contributed by atoms with Crippen molar-refractivity contribution in [2.45, 2.75) is 83.2 Å². The number of likely N-dealkylation sites (tertiary alicyclic amines) is 2. The summed E-state index contributed by atoms with van der Waals surface area (Å²) in [4.78, 5) is 46.3. The summed E-state index contributed by atoms with van der Waals surface area (Å²) in [5.41, 5.74) is 0. The molecule has 4 saturated heterocycles. The number of hydrogen-bond donors (Lipinski definition) is 0. The van der Waals surface area contributed by atoms with E-state index in [1.54, 1.807) is 0 Å². The van der Waals surface area contributed by atoms with Crippen LogP contribution in [-0.4, -0.2) is 83.9 Å². The highest BCUT2D eigenvalue weighted by Gasteiger charge is 2.49. The highest BCUT2D eigenvalue weighted by molar-refractivity contribution is 7.12. The third-order valence-electron chi connectivity index (χ3n) is 9.28. The average molecular weight is 530 g/mol. The molecule has 1 aromatic heterocycles. The van der Waals surface area contributed by atoms with E-state index in [-0.39, 0.29) is 17.9 Å². The smallest absolute Gasteiger partial charge is 0.305 e. The first-order chi connectivity index (χ1) is 18.0. The lowest BCUT2D eigenvalue weighted by atomic mass is 9.69. The predicted octanol–water partition coefficient (Wildman–Crippen LogP) is 4.43. The van der Waals surface area contributed by atoms with E-state index < -0.39 is 0 Å². The van der Waals surface area contributed by atoms with Gasteiger partial charge in [-0.05, 0) is 101 Å². The molecule has 4 aliphatic heterocycles. The van der Waals surface area contributed by atoms with E-state index in [2.05, 4.69) is 9.80 Å². The summed E-state index contributed by atoms with van der Waals surface area (Å²) < 4.78 is 5.17. The van der Waals surface area contributed by atoms with Crippen molar-refractivity contribution in [3.8, 4) is 0 Å². The molecule has 8 heteroatoms. The monoisotopic (exact) mass is 529 g/mol. The third kappa shape index (κ3) is 6.06. The summed E-state index contributed by atoms with van der Waals surface area (Å²) in [5.74, 6) is 1.74. The second-order valence-electron chi connectivity index (χ2n) is 11.5. The first kappa shape index (κ1) is 26.7. The second-order valence-corrected chi connectivity index (χ2v) is 12.4. The van der Waals surface area contributed by atoms with Gasteiger partial charge in [0.2, 0.25) is 5.91 Å². The molecule has 4 unspecified atom stereocenters. The predicted molar refractivity (Wildman–Crippen MR) is 144 cm³/mol. The van der Waals surface area contributed by atoms with Crippen molar-refractivity contribution in [1.29, 1.82) is 0 Å². The zero-order valence-electron chi connectivity index (χ0n) is 22.3. The SMILES string of the molecule is CCOC(=O)CCCC1C2CCCN3CCCC(CN1C(=O)CC1CCN(C(=O)c4cccs4)CC1)C23. The summed E-state index contributed by atoms with van der Waals surface area (Å²) in [7, 11) is 0. The largest absolute Gasteiger partial charge is 0.466 e. The first-order valence-corrected chi connectivity index (χ1v) is 15.4. The maximum Gasteiger partial charge on any atom is 0.305 e. The van der Waals surface area contributed by atoms with E-state index in [4.69, 9.17) is 4.74 Å². The van der Waals surface area contributed by atoms with Gasteiger partial charge in [-0.15, -0.1) is 11.3 Å². The number of carbonyl (C=O) groups is 3. The van der Waals surface area contributed by atoms with Crippen LogP contribution in [0.3, 0.4) is 0 Å². The standard InChI is InChI=1S/C29H43N3O4S/c1-2-36-27(34)11-3-9-24-23-8-5-15-30-14-4-7-22(28(23)30)20-32(24)26(33)19-21-12-16-31(17-13-21)29(35)25-10-6-18-37-25/h6,10,18,21-24,28H,2-5,7-9,11-17,19-20H2,1H3. The summed E-state index contributed by atoms with van der Waals surface area (Å²) in [6, 6.07) is 4.65. The number of rotatable bonds is 8. The lowest BCUT2D eigenvalue weighted by Gasteiger charge is -2.57. The molecular weight excluding hydrogens is 486 g/mol. The van der Waals surface area contributed by atoms with E-state index in [0.717, 1.165) is 50.2 Å². The molecule has 37 heavy (non-hydrogen) atoms. The Balaban J connectivity index is 1.22. The number of esters is 1. The normalized spacial score (nSPS) is 28.6. The highest BCUT2D eigenvalue weighted by atomic mass is 32.1. The Morgan fingerprint density at radius 2 is 1.84 bits per heavy atom. The quantitative estimate of drug-likeness (QED) is 0.466. The van der Waals surface area contributed by atoms with Crippen molar-refractivity contribution in [3.05, 3.63) is 22.4 Å². The maximum absolute atomic E-state index is 13.9. The molecule has 4 aliphatic rings. The molecule has 0 aliphatic carbocycles. The van der Waals surface area contributed by atoms with Gasteiger partial charge in [-0.3, -0.25) is 19.3 Å². The molecule has 0 radical (unpaired) electrons. The van der Waals surface area contributed by atoms with Crippen LogP contribution in [0.25, 0.3) is 0 Å². The number of carbonyl (C=O) groups excluding carboxylic acids is 3. The minimum Gasteiger partial charge on any atom is -0.466 e. The average Bonchev–Trinajstić information content (AvgIpc) is 3.45. The van der Waals surface area contributed by atoms with E-state index in [9.17, 15) is 14.4 Å². The van der Waals surface area contributed by atoms with Gasteiger partial charge in [0.05, 0.1) is 11.5 Å². The number of amides is 2. The molecule has 0 N–H and O–H groups in total. The van der Waals surface area contributed by atoms with Crippen LogP contribution < -0.4 is 0 Å². The van der Waals surface area contributed by atoms with Gasteiger partial charge < -0.3 is 14.5 Å². The molecule has 4 fully saturated rings. The summed E-state index contributed by atoms with van der Waals surface area (Å²) in [6.45, 7) is 7.01. The van der Waals surface area contributed by atoms with Crippen LogP contribution in [0, 0.1) is 17.8 Å². The van der Waals surface area contributed by atoms with Gasteiger partial charge in [0, 0.05) is 44.6 Å². The lowest BCUT2D eigenvalue weighted by molar-refractivity contribution is -0.148. The lowest BCUT2D eigenvalue weighted by Crippen LogP contribution is -2.65. The fraction of sp³-hybridized carbons (Fsp3) is 0.759. The van der Waals surface area contributed by atoms with Gasteiger partial charge in [-0.1, -0.05) is 6.07 Å². The van der Waals surface area contributed by atoms with Crippen molar-refractivity contribution < 1.29 is 19.1 Å². The van der Waals surface area contributed by atoms with Crippen LogP contribution >= 0.6 is 11.3 Å². The zero-order chi connectivity index (χ0) is 25.8. The molecule has 2 amide bonds. The molecular formula is C29H43N3O4S. The third-order valence-corrected chi connectivity index (χ3v) is 10.1. The number of hydrogen-bond acceptors (Lipinski definition) is 6. The summed E-state index contributed by atoms with van der Waals surface area (Å²) in [5, 5.41) is 1.95. The molecule has 1 aromatic rings. The Labute approximate surface area is 225 Å². The van der Waals surface area contributed by atoms with Crippen LogP contribution in [0.15, 0.2) is 17.5 Å². The number of thiophene rings is 1. The minimum absolute atomic E-state index is 0.124. The molecule has 0 aromatic carbocycles. The summed E-state index contributed by atoms with van der Waals surface area (Å²) >= 11 is 1.50. The van der Waals surface area contributed by atoms with Gasteiger partial charge in [-0.2, -0.15) is 0 Å². The second kappa shape index (κ2) is 12.3. The molecule has 204 valence electrons. The van der Waals surface area contributed by atoms with Crippen LogP contribution in [0.1, 0.15) is 80.8 Å².